The summed E-state index contributed by atoms with van der Waals surface area (Å²) in [7, 11) is -3.89. The third-order valence-corrected chi connectivity index (χ3v) is 5.47. The number of fused-ring (bicyclic) bond motifs is 1. The Labute approximate surface area is 137 Å². The molecule has 1 aliphatic heterocycles. The number of anilines is 2. The fraction of sp³-hybridized carbons (Fsp3) is 0.0625. The van der Waals surface area contributed by atoms with Crippen LogP contribution in [-0.2, 0) is 9.84 Å². The number of hydrogen-bond acceptors (Lipinski definition) is 4. The van der Waals surface area contributed by atoms with E-state index in [0.29, 0.717) is 22.0 Å². The standard InChI is InChI=1S/C16H10ClFN2O2S/c1-10-6-12(18)3-4-14(10)20-9-13(8-19)23(21,22)16-5-2-11(17)7-15(16)20/h2-7,9H,1H3. The lowest BCUT2D eigenvalue weighted by Gasteiger charge is -2.28. The molecule has 0 saturated carbocycles. The van der Waals surface area contributed by atoms with Gasteiger partial charge in [-0.25, -0.2) is 12.8 Å². The number of halogens is 2. The highest BCUT2D eigenvalue weighted by Gasteiger charge is 2.32. The van der Waals surface area contributed by atoms with Crippen molar-refractivity contribution < 1.29 is 12.8 Å². The largest absolute Gasteiger partial charge is 0.313 e. The number of allylic oxidation sites excluding steroid dienone is 1. The molecular formula is C16H10ClFN2O2S. The summed E-state index contributed by atoms with van der Waals surface area (Å²) in [5.41, 5.74) is 1.49. The highest BCUT2D eigenvalue weighted by Crippen LogP contribution is 2.41. The molecule has 0 N–H and O–H groups in total. The van der Waals surface area contributed by atoms with Gasteiger partial charge in [0.1, 0.15) is 11.9 Å². The number of sulfone groups is 1. The molecule has 0 unspecified atom stereocenters. The molecule has 1 heterocycles. The van der Waals surface area contributed by atoms with Crippen molar-refractivity contribution in [1.82, 2.24) is 0 Å². The number of aryl methyl sites for hydroxylation is 1. The van der Waals surface area contributed by atoms with Crippen LogP contribution in [0.25, 0.3) is 0 Å². The second kappa shape index (κ2) is 5.37. The van der Waals surface area contributed by atoms with Crippen molar-refractivity contribution in [2.75, 3.05) is 4.90 Å². The Morgan fingerprint density at radius 3 is 2.57 bits per heavy atom. The summed E-state index contributed by atoms with van der Waals surface area (Å²) >= 11 is 5.99. The lowest BCUT2D eigenvalue weighted by atomic mass is 10.1. The second-order valence-corrected chi connectivity index (χ2v) is 7.34. The van der Waals surface area contributed by atoms with Crippen LogP contribution in [-0.4, -0.2) is 8.42 Å². The van der Waals surface area contributed by atoms with Crippen molar-refractivity contribution in [3.63, 3.8) is 0 Å². The van der Waals surface area contributed by atoms with Gasteiger partial charge < -0.3 is 4.90 Å². The molecule has 0 saturated heterocycles. The third kappa shape index (κ3) is 2.48. The van der Waals surface area contributed by atoms with Gasteiger partial charge >= 0.3 is 0 Å². The van der Waals surface area contributed by atoms with Crippen molar-refractivity contribution >= 4 is 32.8 Å². The average Bonchev–Trinajstić information content (AvgIpc) is 2.48. The number of nitriles is 1. The van der Waals surface area contributed by atoms with E-state index in [1.165, 1.54) is 47.5 Å². The van der Waals surface area contributed by atoms with Crippen LogP contribution in [0.3, 0.4) is 0 Å². The summed E-state index contributed by atoms with van der Waals surface area (Å²) in [6.45, 7) is 1.70. The minimum atomic E-state index is -3.89. The highest BCUT2D eigenvalue weighted by atomic mass is 35.5. The van der Waals surface area contributed by atoms with E-state index in [-0.39, 0.29) is 9.80 Å². The third-order valence-electron chi connectivity index (χ3n) is 3.53. The molecule has 0 aromatic heterocycles. The second-order valence-electron chi connectivity index (χ2n) is 5.02. The molecule has 0 aliphatic carbocycles. The van der Waals surface area contributed by atoms with Gasteiger partial charge in [0.2, 0.25) is 9.84 Å². The summed E-state index contributed by atoms with van der Waals surface area (Å²) in [4.78, 5) is 1.15. The van der Waals surface area contributed by atoms with E-state index in [2.05, 4.69) is 0 Å². The van der Waals surface area contributed by atoms with E-state index in [1.807, 2.05) is 0 Å². The molecule has 23 heavy (non-hydrogen) atoms. The molecule has 3 rings (SSSR count). The Balaban J connectivity index is 2.33. The fourth-order valence-corrected chi connectivity index (χ4v) is 3.91. The molecule has 0 amide bonds. The molecular weight excluding hydrogens is 339 g/mol. The van der Waals surface area contributed by atoms with Crippen LogP contribution in [0.15, 0.2) is 52.4 Å². The number of rotatable bonds is 1. The summed E-state index contributed by atoms with van der Waals surface area (Å²) in [6, 6.07) is 10.2. The molecule has 2 aromatic rings. The van der Waals surface area contributed by atoms with E-state index >= 15 is 0 Å². The molecule has 116 valence electrons. The zero-order valence-corrected chi connectivity index (χ0v) is 13.5. The van der Waals surface area contributed by atoms with Crippen molar-refractivity contribution in [2.24, 2.45) is 0 Å². The lowest BCUT2D eigenvalue weighted by Crippen LogP contribution is -2.21. The van der Waals surface area contributed by atoms with E-state index in [9.17, 15) is 18.1 Å². The molecule has 0 atom stereocenters. The molecule has 0 radical (unpaired) electrons. The Morgan fingerprint density at radius 1 is 1.17 bits per heavy atom. The summed E-state index contributed by atoms with van der Waals surface area (Å²) in [5.74, 6) is -0.397. The smallest absolute Gasteiger partial charge is 0.220 e. The first-order valence-electron chi connectivity index (χ1n) is 6.56. The zero-order valence-electron chi connectivity index (χ0n) is 11.9. The predicted molar refractivity (Wildman–Crippen MR) is 85.6 cm³/mol. The van der Waals surface area contributed by atoms with Crippen molar-refractivity contribution in [1.29, 1.82) is 5.26 Å². The summed E-state index contributed by atoms with van der Waals surface area (Å²) < 4.78 is 38.2. The van der Waals surface area contributed by atoms with E-state index in [4.69, 9.17) is 11.6 Å². The molecule has 0 spiro atoms. The summed E-state index contributed by atoms with van der Waals surface area (Å²) in [5, 5.41) is 9.53. The van der Waals surface area contributed by atoms with Gasteiger partial charge in [-0.3, -0.25) is 0 Å². The maximum absolute atomic E-state index is 13.3. The number of benzene rings is 2. The number of hydrogen-bond donors (Lipinski definition) is 0. The molecule has 1 aliphatic rings. The van der Waals surface area contributed by atoms with E-state index in [0.717, 1.165) is 0 Å². The molecule has 0 fully saturated rings. The van der Waals surface area contributed by atoms with Crippen LogP contribution in [0.1, 0.15) is 5.56 Å². The lowest BCUT2D eigenvalue weighted by molar-refractivity contribution is 0.602. The maximum atomic E-state index is 13.3. The van der Waals surface area contributed by atoms with Crippen LogP contribution >= 0.6 is 11.6 Å². The minimum Gasteiger partial charge on any atom is -0.313 e. The van der Waals surface area contributed by atoms with Gasteiger partial charge in [-0.15, -0.1) is 0 Å². The monoisotopic (exact) mass is 348 g/mol. The van der Waals surface area contributed by atoms with Crippen molar-refractivity contribution in [3.05, 3.63) is 63.9 Å². The van der Waals surface area contributed by atoms with Crippen LogP contribution < -0.4 is 4.90 Å². The molecule has 7 heteroatoms. The Kier molecular flexibility index (Phi) is 3.63. The van der Waals surface area contributed by atoms with Gasteiger partial charge in [0, 0.05) is 16.9 Å². The van der Waals surface area contributed by atoms with Crippen LogP contribution in [0.2, 0.25) is 5.02 Å². The van der Waals surface area contributed by atoms with Gasteiger partial charge in [0.05, 0.1) is 10.6 Å². The zero-order chi connectivity index (χ0) is 16.8. The Hall–Kier alpha value is -2.36. The van der Waals surface area contributed by atoms with Crippen LogP contribution in [0.4, 0.5) is 15.8 Å². The van der Waals surface area contributed by atoms with Gasteiger partial charge in [-0.1, -0.05) is 11.6 Å². The van der Waals surface area contributed by atoms with E-state index < -0.39 is 15.7 Å². The predicted octanol–water partition coefficient (Wildman–Crippen LogP) is 4.08. The molecule has 2 aromatic carbocycles. The average molecular weight is 349 g/mol. The van der Waals surface area contributed by atoms with Gasteiger partial charge in [-0.05, 0) is 48.9 Å². The van der Waals surface area contributed by atoms with Gasteiger partial charge in [0.25, 0.3) is 0 Å². The van der Waals surface area contributed by atoms with Gasteiger partial charge in [-0.2, -0.15) is 5.26 Å². The number of nitrogens with zero attached hydrogens (tertiary/aromatic N) is 2. The minimum absolute atomic E-state index is 0.00956. The Morgan fingerprint density at radius 2 is 1.91 bits per heavy atom. The summed E-state index contributed by atoms with van der Waals surface area (Å²) in [6.07, 6.45) is 1.23. The van der Waals surface area contributed by atoms with Crippen LogP contribution in [0, 0.1) is 24.1 Å². The quantitative estimate of drug-likeness (QED) is 0.779. The topological polar surface area (TPSA) is 61.2 Å². The first-order valence-corrected chi connectivity index (χ1v) is 8.42. The fourth-order valence-electron chi connectivity index (χ4n) is 2.46. The highest BCUT2D eigenvalue weighted by molar-refractivity contribution is 7.95. The SMILES string of the molecule is Cc1cc(F)ccc1N1C=C(C#N)S(=O)(=O)c2ccc(Cl)cc21. The normalized spacial score (nSPS) is 15.6. The molecule has 0 bridgehead atoms. The molecule has 4 nitrogen and oxygen atoms in total. The Bertz CT molecular complexity index is 994. The maximum Gasteiger partial charge on any atom is 0.220 e. The van der Waals surface area contributed by atoms with Crippen molar-refractivity contribution in [3.8, 4) is 6.07 Å². The van der Waals surface area contributed by atoms with Gasteiger partial charge in [0.15, 0.2) is 4.91 Å². The van der Waals surface area contributed by atoms with E-state index in [1.54, 1.807) is 13.0 Å². The first kappa shape index (κ1) is 15.5. The van der Waals surface area contributed by atoms with Crippen molar-refractivity contribution in [2.45, 2.75) is 11.8 Å². The van der Waals surface area contributed by atoms with Crippen LogP contribution in [0.5, 0.6) is 0 Å². The first-order chi connectivity index (χ1) is 10.8.